The molecule has 5 nitrogen and oxygen atoms in total. The van der Waals surface area contributed by atoms with Gasteiger partial charge in [-0.25, -0.2) is 0 Å². The molecule has 0 radical (unpaired) electrons. The lowest BCUT2D eigenvalue weighted by atomic mass is 9.96. The maximum atomic E-state index is 13.3. The maximum Gasteiger partial charge on any atom is 0.247 e. The van der Waals surface area contributed by atoms with Crippen molar-refractivity contribution in [3.63, 3.8) is 0 Å². The molecule has 1 aromatic heterocycles. The standard InChI is InChI=1S/C31H31NO4/c1-5-35-30-21(3)31-27(28(19-36-31)23-11-8-12-25(16-23)34-4)17-26(30)20(2)15-29(33)32-14-13-22-9-6-7-10-24(22)18-32/h6-12,15-17,19H,5,13-14,18H2,1-4H3/b20-15+. The Morgan fingerprint density at radius 1 is 1.11 bits per heavy atom. The fourth-order valence-electron chi connectivity index (χ4n) is 4.99. The minimum absolute atomic E-state index is 0.0161. The molecular weight excluding hydrogens is 450 g/mol. The lowest BCUT2D eigenvalue weighted by Gasteiger charge is -2.28. The van der Waals surface area contributed by atoms with Crippen molar-refractivity contribution in [3.8, 4) is 22.6 Å². The summed E-state index contributed by atoms with van der Waals surface area (Å²) in [6.07, 6.45) is 4.40. The number of hydrogen-bond acceptors (Lipinski definition) is 4. The van der Waals surface area contributed by atoms with Gasteiger partial charge in [0.15, 0.2) is 0 Å². The van der Waals surface area contributed by atoms with E-state index in [-0.39, 0.29) is 5.91 Å². The molecule has 4 aromatic rings. The van der Waals surface area contributed by atoms with Gasteiger partial charge in [0.1, 0.15) is 17.1 Å². The number of carbonyl (C=O) groups excluding carboxylic acids is 1. The van der Waals surface area contributed by atoms with Crippen LogP contribution >= 0.6 is 0 Å². The van der Waals surface area contributed by atoms with Crippen LogP contribution in [0, 0.1) is 6.92 Å². The number of allylic oxidation sites excluding steroid dienone is 1. The van der Waals surface area contributed by atoms with Gasteiger partial charge in [-0.1, -0.05) is 36.4 Å². The molecule has 0 spiro atoms. The first-order chi connectivity index (χ1) is 17.5. The highest BCUT2D eigenvalue weighted by Crippen LogP contribution is 2.41. The van der Waals surface area contributed by atoms with Crippen molar-refractivity contribution >= 4 is 22.4 Å². The minimum Gasteiger partial charge on any atom is -0.497 e. The van der Waals surface area contributed by atoms with E-state index in [1.54, 1.807) is 19.4 Å². The summed E-state index contributed by atoms with van der Waals surface area (Å²) in [6, 6.07) is 18.4. The molecule has 0 fully saturated rings. The number of furan rings is 1. The Morgan fingerprint density at radius 2 is 1.92 bits per heavy atom. The van der Waals surface area contributed by atoms with Crippen LogP contribution < -0.4 is 9.47 Å². The van der Waals surface area contributed by atoms with Crippen molar-refractivity contribution in [1.29, 1.82) is 0 Å². The Kier molecular flexibility index (Phi) is 6.55. The normalized spacial score (nSPS) is 13.6. The molecule has 1 amide bonds. The zero-order valence-corrected chi connectivity index (χ0v) is 21.3. The van der Waals surface area contributed by atoms with E-state index in [4.69, 9.17) is 13.9 Å². The van der Waals surface area contributed by atoms with Crippen molar-refractivity contribution < 1.29 is 18.7 Å². The van der Waals surface area contributed by atoms with Crippen LogP contribution in [0.2, 0.25) is 0 Å². The van der Waals surface area contributed by atoms with Crippen molar-refractivity contribution in [3.05, 3.63) is 89.2 Å². The molecule has 1 aliphatic rings. The molecule has 0 atom stereocenters. The van der Waals surface area contributed by atoms with Gasteiger partial charge < -0.3 is 18.8 Å². The van der Waals surface area contributed by atoms with Crippen LogP contribution in [0.1, 0.15) is 36.1 Å². The van der Waals surface area contributed by atoms with Crippen molar-refractivity contribution in [1.82, 2.24) is 4.90 Å². The van der Waals surface area contributed by atoms with E-state index in [0.717, 1.165) is 63.3 Å². The summed E-state index contributed by atoms with van der Waals surface area (Å²) < 4.78 is 17.5. The first-order valence-electron chi connectivity index (χ1n) is 12.4. The summed E-state index contributed by atoms with van der Waals surface area (Å²) in [6.45, 7) is 7.82. The van der Waals surface area contributed by atoms with Crippen LogP contribution in [0.4, 0.5) is 0 Å². The van der Waals surface area contributed by atoms with Crippen LogP contribution in [-0.4, -0.2) is 31.1 Å². The first kappa shape index (κ1) is 23.7. The van der Waals surface area contributed by atoms with Gasteiger partial charge in [-0.05, 0) is 67.7 Å². The van der Waals surface area contributed by atoms with Gasteiger partial charge in [0.05, 0.1) is 20.0 Å². The second-order valence-electron chi connectivity index (χ2n) is 9.18. The number of methoxy groups -OCH3 is 1. The number of aryl methyl sites for hydroxylation is 1. The SMILES string of the molecule is CCOc1c(/C(C)=C/C(=O)N2CCc3ccccc3C2)cc2c(-c3cccc(OC)c3)coc2c1C. The largest absolute Gasteiger partial charge is 0.497 e. The third-order valence-electron chi connectivity index (χ3n) is 6.92. The second-order valence-corrected chi connectivity index (χ2v) is 9.18. The highest BCUT2D eigenvalue weighted by Gasteiger charge is 2.22. The predicted molar refractivity (Wildman–Crippen MR) is 143 cm³/mol. The van der Waals surface area contributed by atoms with Crippen LogP contribution in [0.5, 0.6) is 11.5 Å². The lowest BCUT2D eigenvalue weighted by Crippen LogP contribution is -2.34. The van der Waals surface area contributed by atoms with Gasteiger partial charge >= 0.3 is 0 Å². The van der Waals surface area contributed by atoms with Crippen LogP contribution in [0.3, 0.4) is 0 Å². The molecule has 184 valence electrons. The van der Waals surface area contributed by atoms with E-state index in [2.05, 4.69) is 24.3 Å². The number of ether oxygens (including phenoxy) is 2. The summed E-state index contributed by atoms with van der Waals surface area (Å²) in [4.78, 5) is 15.2. The minimum atomic E-state index is 0.0161. The fraction of sp³-hybridized carbons (Fsp3) is 0.258. The van der Waals surface area contributed by atoms with E-state index >= 15 is 0 Å². The summed E-state index contributed by atoms with van der Waals surface area (Å²) >= 11 is 0. The number of benzene rings is 3. The van der Waals surface area contributed by atoms with Crippen LogP contribution in [0.25, 0.3) is 27.7 Å². The summed E-state index contributed by atoms with van der Waals surface area (Å²) in [5.74, 6) is 1.55. The Balaban J connectivity index is 1.55. The summed E-state index contributed by atoms with van der Waals surface area (Å²) in [7, 11) is 1.66. The monoisotopic (exact) mass is 481 g/mol. The van der Waals surface area contributed by atoms with Crippen LogP contribution in [-0.2, 0) is 17.8 Å². The molecule has 0 saturated carbocycles. The molecule has 5 rings (SSSR count). The molecule has 3 aromatic carbocycles. The van der Waals surface area contributed by atoms with E-state index in [1.807, 2.05) is 56.0 Å². The Morgan fingerprint density at radius 3 is 2.69 bits per heavy atom. The average molecular weight is 482 g/mol. The van der Waals surface area contributed by atoms with Crippen molar-refractivity contribution in [2.24, 2.45) is 0 Å². The number of hydrogen-bond donors (Lipinski definition) is 0. The van der Waals surface area contributed by atoms with Gasteiger partial charge in [0, 0.05) is 41.2 Å². The smallest absolute Gasteiger partial charge is 0.247 e. The average Bonchev–Trinajstić information content (AvgIpc) is 3.34. The maximum absolute atomic E-state index is 13.3. The molecular formula is C31H31NO4. The Hall–Kier alpha value is -3.99. The zero-order chi connectivity index (χ0) is 25.2. The topological polar surface area (TPSA) is 51.9 Å². The summed E-state index contributed by atoms with van der Waals surface area (Å²) in [5.41, 5.74) is 8.00. The molecule has 2 heterocycles. The first-order valence-corrected chi connectivity index (χ1v) is 12.4. The second kappa shape index (κ2) is 9.94. The molecule has 0 unspecified atom stereocenters. The van der Waals surface area contributed by atoms with E-state index in [9.17, 15) is 4.79 Å². The van der Waals surface area contributed by atoms with E-state index in [0.29, 0.717) is 13.2 Å². The zero-order valence-electron chi connectivity index (χ0n) is 21.3. The van der Waals surface area contributed by atoms with Gasteiger partial charge in [-0.3, -0.25) is 4.79 Å². The third-order valence-corrected chi connectivity index (χ3v) is 6.92. The number of nitrogens with zero attached hydrogens (tertiary/aromatic N) is 1. The molecule has 0 aliphatic carbocycles. The number of fused-ring (bicyclic) bond motifs is 2. The molecule has 36 heavy (non-hydrogen) atoms. The predicted octanol–water partition coefficient (Wildman–Crippen LogP) is 6.80. The number of amides is 1. The fourth-order valence-corrected chi connectivity index (χ4v) is 4.99. The molecule has 0 saturated heterocycles. The van der Waals surface area contributed by atoms with Gasteiger partial charge in [0.25, 0.3) is 0 Å². The Bertz CT molecular complexity index is 1460. The third kappa shape index (κ3) is 4.37. The number of carbonyl (C=O) groups is 1. The molecule has 5 heteroatoms. The Labute approximate surface area is 211 Å². The quantitative estimate of drug-likeness (QED) is 0.284. The van der Waals surface area contributed by atoms with Gasteiger partial charge in [0.2, 0.25) is 5.91 Å². The molecule has 1 aliphatic heterocycles. The summed E-state index contributed by atoms with van der Waals surface area (Å²) in [5, 5.41) is 0.978. The van der Waals surface area contributed by atoms with E-state index < -0.39 is 0 Å². The van der Waals surface area contributed by atoms with Gasteiger partial charge in [-0.2, -0.15) is 0 Å². The lowest BCUT2D eigenvalue weighted by molar-refractivity contribution is -0.126. The number of rotatable bonds is 6. The van der Waals surface area contributed by atoms with Crippen molar-refractivity contribution in [2.75, 3.05) is 20.3 Å². The molecule has 0 N–H and O–H groups in total. The van der Waals surface area contributed by atoms with Crippen molar-refractivity contribution in [2.45, 2.75) is 33.7 Å². The highest BCUT2D eigenvalue weighted by molar-refractivity contribution is 6.01. The van der Waals surface area contributed by atoms with Crippen LogP contribution in [0.15, 0.2) is 71.4 Å². The highest BCUT2D eigenvalue weighted by atomic mass is 16.5. The van der Waals surface area contributed by atoms with E-state index in [1.165, 1.54) is 11.1 Å². The van der Waals surface area contributed by atoms with Gasteiger partial charge in [-0.15, -0.1) is 0 Å². The molecule has 0 bridgehead atoms.